The molecule has 1 heterocycles. The zero-order chi connectivity index (χ0) is 13.5. The SMILES string of the molecule is CCOC(=O)CC1CCN(C(=O)OCC)CC1C. The molecule has 1 aliphatic rings. The van der Waals surface area contributed by atoms with Crippen LogP contribution in [0.4, 0.5) is 4.79 Å². The number of hydrogen-bond acceptors (Lipinski definition) is 4. The minimum atomic E-state index is -0.251. The molecule has 5 nitrogen and oxygen atoms in total. The van der Waals surface area contributed by atoms with Gasteiger partial charge < -0.3 is 14.4 Å². The number of amides is 1. The summed E-state index contributed by atoms with van der Waals surface area (Å²) >= 11 is 0. The fourth-order valence-electron chi connectivity index (χ4n) is 2.31. The highest BCUT2D eigenvalue weighted by atomic mass is 16.6. The predicted molar refractivity (Wildman–Crippen MR) is 67.1 cm³/mol. The van der Waals surface area contributed by atoms with Crippen LogP contribution in [0.2, 0.25) is 0 Å². The van der Waals surface area contributed by atoms with E-state index in [2.05, 4.69) is 6.92 Å². The van der Waals surface area contributed by atoms with E-state index in [1.807, 2.05) is 6.92 Å². The van der Waals surface area contributed by atoms with E-state index in [-0.39, 0.29) is 12.1 Å². The molecule has 2 unspecified atom stereocenters. The van der Waals surface area contributed by atoms with Gasteiger partial charge in [-0.1, -0.05) is 6.92 Å². The predicted octanol–water partition coefficient (Wildman–Crippen LogP) is 2.05. The number of carbonyl (C=O) groups is 2. The van der Waals surface area contributed by atoms with Gasteiger partial charge in [0.2, 0.25) is 0 Å². The van der Waals surface area contributed by atoms with Crippen LogP contribution in [0.1, 0.15) is 33.6 Å². The van der Waals surface area contributed by atoms with E-state index in [9.17, 15) is 9.59 Å². The lowest BCUT2D eigenvalue weighted by molar-refractivity contribution is -0.145. The van der Waals surface area contributed by atoms with Gasteiger partial charge in [0.25, 0.3) is 0 Å². The normalized spacial score (nSPS) is 23.6. The molecule has 0 N–H and O–H groups in total. The molecule has 0 spiro atoms. The molecule has 1 saturated heterocycles. The molecule has 18 heavy (non-hydrogen) atoms. The highest BCUT2D eigenvalue weighted by molar-refractivity contribution is 5.70. The summed E-state index contributed by atoms with van der Waals surface area (Å²) in [5, 5.41) is 0. The van der Waals surface area contributed by atoms with Crippen LogP contribution >= 0.6 is 0 Å². The summed E-state index contributed by atoms with van der Waals surface area (Å²) in [5.41, 5.74) is 0. The average Bonchev–Trinajstić information content (AvgIpc) is 2.32. The Balaban J connectivity index is 2.41. The minimum Gasteiger partial charge on any atom is -0.466 e. The Morgan fingerprint density at radius 1 is 1.22 bits per heavy atom. The molecule has 0 aromatic heterocycles. The lowest BCUT2D eigenvalue weighted by atomic mass is 9.84. The molecule has 0 saturated carbocycles. The van der Waals surface area contributed by atoms with Crippen LogP contribution in [-0.4, -0.2) is 43.3 Å². The van der Waals surface area contributed by atoms with Crippen molar-refractivity contribution in [2.75, 3.05) is 26.3 Å². The van der Waals surface area contributed by atoms with Crippen LogP contribution < -0.4 is 0 Å². The molecule has 5 heteroatoms. The van der Waals surface area contributed by atoms with Crippen molar-refractivity contribution >= 4 is 12.1 Å². The topological polar surface area (TPSA) is 55.8 Å². The molecule has 0 radical (unpaired) electrons. The third-order valence-corrected chi connectivity index (χ3v) is 3.34. The maximum absolute atomic E-state index is 11.6. The third-order valence-electron chi connectivity index (χ3n) is 3.34. The Kier molecular flexibility index (Phi) is 5.95. The highest BCUT2D eigenvalue weighted by Crippen LogP contribution is 2.26. The van der Waals surface area contributed by atoms with Crippen LogP contribution in [0.3, 0.4) is 0 Å². The number of carbonyl (C=O) groups excluding carboxylic acids is 2. The highest BCUT2D eigenvalue weighted by Gasteiger charge is 2.30. The fourth-order valence-corrected chi connectivity index (χ4v) is 2.31. The molecule has 0 aromatic carbocycles. The summed E-state index contributed by atoms with van der Waals surface area (Å²) in [4.78, 5) is 24.8. The fraction of sp³-hybridized carbons (Fsp3) is 0.846. The lowest BCUT2D eigenvalue weighted by Crippen LogP contribution is -2.43. The van der Waals surface area contributed by atoms with Gasteiger partial charge in [-0.25, -0.2) is 4.79 Å². The summed E-state index contributed by atoms with van der Waals surface area (Å²) in [7, 11) is 0. The Labute approximate surface area is 108 Å². The summed E-state index contributed by atoms with van der Waals surface area (Å²) in [6.07, 6.45) is 1.03. The third kappa shape index (κ3) is 4.20. The van der Waals surface area contributed by atoms with Crippen molar-refractivity contribution in [3.8, 4) is 0 Å². The smallest absolute Gasteiger partial charge is 0.409 e. The van der Waals surface area contributed by atoms with E-state index in [1.165, 1.54) is 0 Å². The Morgan fingerprint density at radius 3 is 2.44 bits per heavy atom. The van der Waals surface area contributed by atoms with E-state index in [0.717, 1.165) is 6.42 Å². The molecule has 1 aliphatic heterocycles. The summed E-state index contributed by atoms with van der Waals surface area (Å²) in [6.45, 7) is 7.82. The number of hydrogen-bond donors (Lipinski definition) is 0. The van der Waals surface area contributed by atoms with Crippen LogP contribution in [0.15, 0.2) is 0 Å². The van der Waals surface area contributed by atoms with Gasteiger partial charge in [-0.2, -0.15) is 0 Å². The molecule has 0 bridgehead atoms. The van der Waals surface area contributed by atoms with Crippen molar-refractivity contribution in [1.82, 2.24) is 4.90 Å². The van der Waals surface area contributed by atoms with E-state index >= 15 is 0 Å². The second kappa shape index (κ2) is 7.24. The molecule has 1 fully saturated rings. The first kappa shape index (κ1) is 14.8. The van der Waals surface area contributed by atoms with Gasteiger partial charge in [0.15, 0.2) is 0 Å². The molecule has 2 atom stereocenters. The second-order valence-electron chi connectivity index (χ2n) is 4.68. The van der Waals surface area contributed by atoms with Gasteiger partial charge in [0, 0.05) is 19.5 Å². The summed E-state index contributed by atoms with van der Waals surface area (Å²) < 4.78 is 9.94. The van der Waals surface area contributed by atoms with Gasteiger partial charge in [0.05, 0.1) is 13.2 Å². The van der Waals surface area contributed by atoms with E-state index in [0.29, 0.717) is 44.6 Å². The average molecular weight is 257 g/mol. The minimum absolute atomic E-state index is 0.140. The maximum atomic E-state index is 11.6. The molecule has 1 rings (SSSR count). The number of ether oxygens (including phenoxy) is 2. The van der Waals surface area contributed by atoms with Gasteiger partial charge in [-0.3, -0.25) is 4.79 Å². The van der Waals surface area contributed by atoms with Crippen molar-refractivity contribution in [1.29, 1.82) is 0 Å². The van der Waals surface area contributed by atoms with Gasteiger partial charge in [-0.05, 0) is 32.1 Å². The van der Waals surface area contributed by atoms with E-state index in [4.69, 9.17) is 9.47 Å². The van der Waals surface area contributed by atoms with Crippen LogP contribution in [-0.2, 0) is 14.3 Å². The Bertz CT molecular complexity index is 293. The summed E-state index contributed by atoms with van der Waals surface area (Å²) in [5.74, 6) is 0.459. The molecular formula is C13H23NO4. The van der Waals surface area contributed by atoms with Crippen LogP contribution in [0, 0.1) is 11.8 Å². The zero-order valence-corrected chi connectivity index (χ0v) is 11.5. The molecule has 104 valence electrons. The number of rotatable bonds is 4. The molecule has 0 aromatic rings. The number of piperidine rings is 1. The first-order chi connectivity index (χ1) is 8.58. The van der Waals surface area contributed by atoms with Crippen LogP contribution in [0.25, 0.3) is 0 Å². The quantitative estimate of drug-likeness (QED) is 0.723. The van der Waals surface area contributed by atoms with Gasteiger partial charge in [0.1, 0.15) is 0 Å². The standard InChI is InChI=1S/C13H23NO4/c1-4-17-12(15)8-11-6-7-14(9-10(11)3)13(16)18-5-2/h10-11H,4-9H2,1-3H3. The van der Waals surface area contributed by atoms with Crippen molar-refractivity contribution in [2.24, 2.45) is 11.8 Å². The van der Waals surface area contributed by atoms with Crippen LogP contribution in [0.5, 0.6) is 0 Å². The van der Waals surface area contributed by atoms with Gasteiger partial charge in [-0.15, -0.1) is 0 Å². The first-order valence-electron chi connectivity index (χ1n) is 6.65. The molecule has 0 aliphatic carbocycles. The second-order valence-corrected chi connectivity index (χ2v) is 4.68. The lowest BCUT2D eigenvalue weighted by Gasteiger charge is -2.35. The summed E-state index contributed by atoms with van der Waals surface area (Å²) in [6, 6.07) is 0. The monoisotopic (exact) mass is 257 g/mol. The Morgan fingerprint density at radius 2 is 1.89 bits per heavy atom. The van der Waals surface area contributed by atoms with Gasteiger partial charge >= 0.3 is 12.1 Å². The first-order valence-corrected chi connectivity index (χ1v) is 6.65. The van der Waals surface area contributed by atoms with E-state index in [1.54, 1.807) is 11.8 Å². The van der Waals surface area contributed by atoms with Crippen molar-refractivity contribution in [3.05, 3.63) is 0 Å². The largest absolute Gasteiger partial charge is 0.466 e. The number of likely N-dealkylation sites (tertiary alicyclic amines) is 1. The van der Waals surface area contributed by atoms with Crippen molar-refractivity contribution < 1.29 is 19.1 Å². The Hall–Kier alpha value is -1.26. The molecular weight excluding hydrogens is 234 g/mol. The zero-order valence-electron chi connectivity index (χ0n) is 11.5. The molecule has 1 amide bonds. The van der Waals surface area contributed by atoms with E-state index < -0.39 is 0 Å². The number of nitrogens with zero attached hydrogens (tertiary/aromatic N) is 1. The van der Waals surface area contributed by atoms with Crippen molar-refractivity contribution in [2.45, 2.75) is 33.6 Å². The maximum Gasteiger partial charge on any atom is 0.409 e. The van der Waals surface area contributed by atoms with Crippen molar-refractivity contribution in [3.63, 3.8) is 0 Å². The number of esters is 1.